The van der Waals surface area contributed by atoms with E-state index >= 15 is 0 Å². The zero-order chi connectivity index (χ0) is 10.4. The lowest BCUT2D eigenvalue weighted by Crippen LogP contribution is -2.10. The molecular formula is C12H14O2. The molecular weight excluding hydrogens is 176 g/mol. The number of methoxy groups -OCH3 is 1. The highest BCUT2D eigenvalue weighted by atomic mass is 16.5. The number of benzene rings is 1. The summed E-state index contributed by atoms with van der Waals surface area (Å²) in [5, 5.41) is 0. The van der Waals surface area contributed by atoms with Gasteiger partial charge in [-0.2, -0.15) is 0 Å². The van der Waals surface area contributed by atoms with Crippen LogP contribution in [0.2, 0.25) is 0 Å². The Bertz CT molecular complexity index is 325. The molecule has 1 atom stereocenters. The number of ether oxygens (including phenoxy) is 2. The summed E-state index contributed by atoms with van der Waals surface area (Å²) in [6.07, 6.45) is 5.83. The fourth-order valence-electron chi connectivity index (χ4n) is 1.11. The second kappa shape index (κ2) is 5.18. The maximum Gasteiger partial charge on any atom is 0.123 e. The van der Waals surface area contributed by atoms with Crippen molar-refractivity contribution in [1.29, 1.82) is 0 Å². The number of hydrogen-bond acceptors (Lipinski definition) is 2. The standard InChI is InChI=1S/C12H14O2/c1-4-6-10(2)14-12-8-5-7-11(9-12)13-3/h1,5,7-10H,6H2,2-3H3/t10-/m1/s1. The molecule has 0 spiro atoms. The van der Waals surface area contributed by atoms with Gasteiger partial charge in [0.25, 0.3) is 0 Å². The van der Waals surface area contributed by atoms with Gasteiger partial charge in [-0.25, -0.2) is 0 Å². The fraction of sp³-hybridized carbons (Fsp3) is 0.333. The highest BCUT2D eigenvalue weighted by Gasteiger charge is 2.02. The van der Waals surface area contributed by atoms with Crippen molar-refractivity contribution in [1.82, 2.24) is 0 Å². The predicted octanol–water partition coefficient (Wildman–Crippen LogP) is 2.49. The number of hydrogen-bond donors (Lipinski definition) is 0. The molecule has 0 aliphatic heterocycles. The summed E-state index contributed by atoms with van der Waals surface area (Å²) in [7, 11) is 1.63. The second-order valence-corrected chi connectivity index (χ2v) is 3.02. The van der Waals surface area contributed by atoms with Crippen LogP contribution < -0.4 is 9.47 Å². The molecule has 2 heteroatoms. The Kier molecular flexibility index (Phi) is 3.87. The van der Waals surface area contributed by atoms with Crippen LogP contribution >= 0.6 is 0 Å². The van der Waals surface area contributed by atoms with Gasteiger partial charge in [-0.15, -0.1) is 12.3 Å². The topological polar surface area (TPSA) is 18.5 Å². The molecule has 14 heavy (non-hydrogen) atoms. The maximum atomic E-state index is 5.57. The molecule has 0 saturated carbocycles. The first-order valence-electron chi connectivity index (χ1n) is 4.50. The Morgan fingerprint density at radius 2 is 2.14 bits per heavy atom. The van der Waals surface area contributed by atoms with E-state index in [2.05, 4.69) is 5.92 Å². The van der Waals surface area contributed by atoms with Gasteiger partial charge in [-0.1, -0.05) is 6.07 Å². The van der Waals surface area contributed by atoms with Crippen molar-refractivity contribution < 1.29 is 9.47 Å². The van der Waals surface area contributed by atoms with Gasteiger partial charge in [-0.3, -0.25) is 0 Å². The zero-order valence-electron chi connectivity index (χ0n) is 8.49. The fourth-order valence-corrected chi connectivity index (χ4v) is 1.11. The second-order valence-electron chi connectivity index (χ2n) is 3.02. The van der Waals surface area contributed by atoms with Crippen LogP contribution in [0.15, 0.2) is 24.3 Å². The summed E-state index contributed by atoms with van der Waals surface area (Å²) in [5.74, 6) is 4.13. The third-order valence-corrected chi connectivity index (χ3v) is 1.78. The minimum atomic E-state index is 0.0344. The molecule has 0 fully saturated rings. The van der Waals surface area contributed by atoms with E-state index in [1.54, 1.807) is 7.11 Å². The Hall–Kier alpha value is -1.62. The molecule has 0 heterocycles. The molecule has 0 aliphatic rings. The normalized spacial score (nSPS) is 11.5. The summed E-state index contributed by atoms with van der Waals surface area (Å²) in [6.45, 7) is 1.94. The van der Waals surface area contributed by atoms with Crippen LogP contribution in [-0.4, -0.2) is 13.2 Å². The molecule has 0 aliphatic carbocycles. The molecule has 74 valence electrons. The maximum absolute atomic E-state index is 5.57. The van der Waals surface area contributed by atoms with Crippen LogP contribution in [0, 0.1) is 12.3 Å². The third-order valence-electron chi connectivity index (χ3n) is 1.78. The van der Waals surface area contributed by atoms with Crippen LogP contribution in [0.25, 0.3) is 0 Å². The third kappa shape index (κ3) is 3.02. The minimum absolute atomic E-state index is 0.0344. The molecule has 0 radical (unpaired) electrons. The molecule has 0 N–H and O–H groups in total. The van der Waals surface area contributed by atoms with Crippen molar-refractivity contribution >= 4 is 0 Å². The smallest absolute Gasteiger partial charge is 0.123 e. The average molecular weight is 190 g/mol. The van der Waals surface area contributed by atoms with E-state index in [0.29, 0.717) is 6.42 Å². The van der Waals surface area contributed by atoms with Gasteiger partial charge < -0.3 is 9.47 Å². The SMILES string of the molecule is C#CC[C@@H](C)Oc1cccc(OC)c1. The summed E-state index contributed by atoms with van der Waals surface area (Å²) in [5.41, 5.74) is 0. The van der Waals surface area contributed by atoms with Crippen LogP contribution in [-0.2, 0) is 0 Å². The van der Waals surface area contributed by atoms with Crippen LogP contribution in [0.1, 0.15) is 13.3 Å². The van der Waals surface area contributed by atoms with Crippen molar-refractivity contribution in [2.24, 2.45) is 0 Å². The lowest BCUT2D eigenvalue weighted by Gasteiger charge is -2.12. The molecule has 2 nitrogen and oxygen atoms in total. The highest BCUT2D eigenvalue weighted by Crippen LogP contribution is 2.20. The molecule has 1 rings (SSSR count). The molecule has 0 bridgehead atoms. The summed E-state index contributed by atoms with van der Waals surface area (Å²) in [6, 6.07) is 7.48. The van der Waals surface area contributed by atoms with Gasteiger partial charge in [0.15, 0.2) is 0 Å². The van der Waals surface area contributed by atoms with E-state index < -0.39 is 0 Å². The van der Waals surface area contributed by atoms with E-state index in [0.717, 1.165) is 11.5 Å². The van der Waals surface area contributed by atoms with Crippen LogP contribution in [0.5, 0.6) is 11.5 Å². The summed E-state index contributed by atoms with van der Waals surface area (Å²) in [4.78, 5) is 0. The van der Waals surface area contributed by atoms with Crippen molar-refractivity contribution in [3.05, 3.63) is 24.3 Å². The molecule has 0 amide bonds. The van der Waals surface area contributed by atoms with Gasteiger partial charge in [0, 0.05) is 12.5 Å². The summed E-state index contributed by atoms with van der Waals surface area (Å²) >= 11 is 0. The molecule has 0 unspecified atom stereocenters. The van der Waals surface area contributed by atoms with E-state index in [1.165, 1.54) is 0 Å². The Labute approximate surface area is 84.8 Å². The Balaban J connectivity index is 2.63. The molecule has 1 aromatic carbocycles. The molecule has 1 aromatic rings. The number of rotatable bonds is 4. The van der Waals surface area contributed by atoms with Gasteiger partial charge in [0.05, 0.1) is 7.11 Å². The Morgan fingerprint density at radius 1 is 1.43 bits per heavy atom. The van der Waals surface area contributed by atoms with Crippen LogP contribution in [0.4, 0.5) is 0 Å². The average Bonchev–Trinajstić information content (AvgIpc) is 2.18. The van der Waals surface area contributed by atoms with E-state index in [-0.39, 0.29) is 6.10 Å². The van der Waals surface area contributed by atoms with Gasteiger partial charge >= 0.3 is 0 Å². The van der Waals surface area contributed by atoms with E-state index in [9.17, 15) is 0 Å². The molecule has 0 saturated heterocycles. The first kappa shape index (κ1) is 10.5. The van der Waals surface area contributed by atoms with Gasteiger partial charge in [0.1, 0.15) is 17.6 Å². The lowest BCUT2D eigenvalue weighted by molar-refractivity contribution is 0.226. The quantitative estimate of drug-likeness (QED) is 0.679. The van der Waals surface area contributed by atoms with Crippen molar-refractivity contribution in [3.8, 4) is 23.8 Å². The minimum Gasteiger partial charge on any atom is -0.497 e. The number of terminal acetylenes is 1. The van der Waals surface area contributed by atoms with Crippen molar-refractivity contribution in [2.75, 3.05) is 7.11 Å². The Morgan fingerprint density at radius 3 is 2.79 bits per heavy atom. The first-order chi connectivity index (χ1) is 6.76. The zero-order valence-corrected chi connectivity index (χ0v) is 8.49. The van der Waals surface area contributed by atoms with Crippen molar-refractivity contribution in [3.63, 3.8) is 0 Å². The largest absolute Gasteiger partial charge is 0.497 e. The lowest BCUT2D eigenvalue weighted by atomic mass is 10.3. The highest BCUT2D eigenvalue weighted by molar-refractivity contribution is 5.32. The first-order valence-corrected chi connectivity index (χ1v) is 4.50. The van der Waals surface area contributed by atoms with E-state index in [1.807, 2.05) is 31.2 Å². The monoisotopic (exact) mass is 190 g/mol. The van der Waals surface area contributed by atoms with Gasteiger partial charge in [0.2, 0.25) is 0 Å². The van der Waals surface area contributed by atoms with E-state index in [4.69, 9.17) is 15.9 Å². The summed E-state index contributed by atoms with van der Waals surface area (Å²) < 4.78 is 10.7. The molecule has 0 aromatic heterocycles. The van der Waals surface area contributed by atoms with Crippen molar-refractivity contribution in [2.45, 2.75) is 19.4 Å². The van der Waals surface area contributed by atoms with Crippen LogP contribution in [0.3, 0.4) is 0 Å². The van der Waals surface area contributed by atoms with Gasteiger partial charge in [-0.05, 0) is 19.1 Å². The predicted molar refractivity (Wildman–Crippen MR) is 56.5 cm³/mol.